The molecule has 8 heteroatoms. The quantitative estimate of drug-likeness (QED) is 0.216. The number of aromatic nitrogens is 5. The number of aryl methyl sites for hydroxylation is 1. The van der Waals surface area contributed by atoms with Crippen molar-refractivity contribution in [2.75, 3.05) is 7.11 Å². The predicted molar refractivity (Wildman–Crippen MR) is 147 cm³/mol. The molecule has 4 aromatic rings. The van der Waals surface area contributed by atoms with Crippen molar-refractivity contribution in [3.8, 4) is 16.8 Å². The van der Waals surface area contributed by atoms with Crippen LogP contribution in [0.5, 0.6) is 0 Å². The monoisotopic (exact) mass is 529 g/mol. The molecule has 4 fully saturated rings. The molecule has 8 rings (SSSR count). The van der Waals surface area contributed by atoms with Crippen LogP contribution >= 0.6 is 11.6 Å². The minimum Gasteiger partial charge on any atom is -0.465 e. The molecule has 0 unspecified atom stereocenters. The molecular formula is C30H32ClN5O2. The van der Waals surface area contributed by atoms with Crippen molar-refractivity contribution >= 4 is 28.6 Å². The van der Waals surface area contributed by atoms with E-state index in [9.17, 15) is 4.79 Å². The first kappa shape index (κ1) is 23.9. The van der Waals surface area contributed by atoms with E-state index in [0.717, 1.165) is 57.8 Å². The van der Waals surface area contributed by atoms with Gasteiger partial charge in [0.1, 0.15) is 10.8 Å². The molecule has 0 spiro atoms. The van der Waals surface area contributed by atoms with Crippen LogP contribution in [0.25, 0.3) is 27.8 Å². The smallest absolute Gasteiger partial charge is 0.339 e. The first-order valence-electron chi connectivity index (χ1n) is 13.6. The lowest BCUT2D eigenvalue weighted by molar-refractivity contribution is -0.0638. The average molecular weight is 530 g/mol. The van der Waals surface area contributed by atoms with Crippen LogP contribution in [0.2, 0.25) is 5.15 Å². The van der Waals surface area contributed by atoms with Gasteiger partial charge in [-0.15, -0.1) is 0 Å². The number of hydrogen-bond donors (Lipinski definition) is 0. The highest BCUT2D eigenvalue weighted by molar-refractivity contribution is 6.30. The first-order chi connectivity index (χ1) is 18.3. The molecule has 0 N–H and O–H groups in total. The van der Waals surface area contributed by atoms with E-state index in [4.69, 9.17) is 26.4 Å². The Morgan fingerprint density at radius 3 is 2.42 bits per heavy atom. The largest absolute Gasteiger partial charge is 0.465 e. The van der Waals surface area contributed by atoms with Gasteiger partial charge in [-0.25, -0.2) is 14.8 Å². The summed E-state index contributed by atoms with van der Waals surface area (Å²) in [6.07, 6.45) is 15.6. The van der Waals surface area contributed by atoms with Gasteiger partial charge in [0.05, 0.1) is 30.8 Å². The number of pyridine rings is 2. The number of carbonyl (C=O) groups excluding carboxylic acids is 1. The van der Waals surface area contributed by atoms with E-state index in [-0.39, 0.29) is 5.97 Å². The van der Waals surface area contributed by atoms with E-state index in [2.05, 4.69) is 16.6 Å². The molecule has 0 aromatic carbocycles. The average Bonchev–Trinajstić information content (AvgIpc) is 3.47. The first-order valence-corrected chi connectivity index (χ1v) is 14.0. The molecule has 38 heavy (non-hydrogen) atoms. The SMILES string of the molecule is COC(=O)c1c(-c2cnn(CC34CC5CC(CC(C5)C3)C4)c2C)cnc2c1ccn2-c1cnc(Cl)c(C)c1. The van der Waals surface area contributed by atoms with Gasteiger partial charge in [-0.2, -0.15) is 5.10 Å². The Balaban J connectivity index is 1.29. The molecule has 7 nitrogen and oxygen atoms in total. The fraction of sp³-hybridized carbons (Fsp3) is 0.467. The van der Waals surface area contributed by atoms with E-state index < -0.39 is 0 Å². The highest BCUT2D eigenvalue weighted by Crippen LogP contribution is 2.60. The summed E-state index contributed by atoms with van der Waals surface area (Å²) < 4.78 is 9.36. The van der Waals surface area contributed by atoms with Crippen molar-refractivity contribution in [2.45, 2.75) is 58.9 Å². The molecule has 0 aliphatic heterocycles. The summed E-state index contributed by atoms with van der Waals surface area (Å²) in [6.45, 7) is 4.99. The van der Waals surface area contributed by atoms with Crippen LogP contribution in [0.4, 0.5) is 0 Å². The number of methoxy groups -OCH3 is 1. The summed E-state index contributed by atoms with van der Waals surface area (Å²) in [4.78, 5) is 22.3. The molecule has 0 radical (unpaired) electrons. The maximum atomic E-state index is 13.2. The molecule has 4 aliphatic rings. The van der Waals surface area contributed by atoms with E-state index in [1.165, 1.54) is 45.6 Å². The van der Waals surface area contributed by atoms with Crippen LogP contribution in [0, 0.1) is 37.0 Å². The third-order valence-corrected chi connectivity index (χ3v) is 9.82. The standard InChI is InChI=1S/C30H32ClN5O2/c1-17-6-22(13-32-27(17)31)35-5-4-23-26(29(37)38-3)25(14-33-28(23)35)24-15-34-36(18(24)2)16-30-10-19-7-20(11-30)9-21(8-19)12-30/h4-6,13-15,19-21H,7-12,16H2,1-3H3. The van der Waals surface area contributed by atoms with Gasteiger partial charge < -0.3 is 4.74 Å². The number of rotatable bonds is 5. The Hall–Kier alpha value is -3.19. The van der Waals surface area contributed by atoms with E-state index in [0.29, 0.717) is 21.8 Å². The van der Waals surface area contributed by atoms with Crippen LogP contribution in [0.3, 0.4) is 0 Å². The zero-order chi connectivity index (χ0) is 26.2. The summed E-state index contributed by atoms with van der Waals surface area (Å²) in [5.74, 6) is 2.32. The Morgan fingerprint density at radius 2 is 1.76 bits per heavy atom. The van der Waals surface area contributed by atoms with Gasteiger partial charge in [0.25, 0.3) is 0 Å². The lowest BCUT2D eigenvalue weighted by atomic mass is 9.49. The highest BCUT2D eigenvalue weighted by Gasteiger charge is 2.51. The van der Waals surface area contributed by atoms with Gasteiger partial charge >= 0.3 is 5.97 Å². The van der Waals surface area contributed by atoms with Crippen molar-refractivity contribution in [1.29, 1.82) is 0 Å². The zero-order valence-electron chi connectivity index (χ0n) is 22.1. The third-order valence-electron chi connectivity index (χ3n) is 9.43. The van der Waals surface area contributed by atoms with Gasteiger partial charge in [0.2, 0.25) is 0 Å². The predicted octanol–water partition coefficient (Wildman–Crippen LogP) is 6.56. The fourth-order valence-electron chi connectivity index (χ4n) is 8.17. The van der Waals surface area contributed by atoms with Crippen molar-refractivity contribution in [2.24, 2.45) is 23.2 Å². The minimum atomic E-state index is -0.385. The topological polar surface area (TPSA) is 74.8 Å². The maximum Gasteiger partial charge on any atom is 0.339 e. The van der Waals surface area contributed by atoms with Crippen LogP contribution in [0.15, 0.2) is 36.9 Å². The number of halogens is 1. The molecule has 4 heterocycles. The second kappa shape index (κ2) is 8.67. The van der Waals surface area contributed by atoms with Crippen molar-refractivity contribution in [1.82, 2.24) is 24.3 Å². The van der Waals surface area contributed by atoms with E-state index >= 15 is 0 Å². The molecule has 4 bridgehead atoms. The normalized spacial score (nSPS) is 25.8. The number of ether oxygens (including phenoxy) is 1. The van der Waals surface area contributed by atoms with E-state index in [1.54, 1.807) is 12.4 Å². The Labute approximate surface area is 227 Å². The summed E-state index contributed by atoms with van der Waals surface area (Å²) >= 11 is 6.15. The minimum absolute atomic E-state index is 0.373. The third kappa shape index (κ3) is 3.69. The Morgan fingerprint density at radius 1 is 1.05 bits per heavy atom. The molecule has 0 saturated heterocycles. The Bertz CT molecular complexity index is 1550. The second-order valence-electron chi connectivity index (χ2n) is 12.0. The van der Waals surface area contributed by atoms with Gasteiger partial charge in [-0.05, 0) is 93.2 Å². The number of esters is 1. The van der Waals surface area contributed by atoms with Crippen molar-refractivity contribution in [3.05, 3.63) is 58.9 Å². The van der Waals surface area contributed by atoms with Gasteiger partial charge in [0, 0.05) is 41.1 Å². The van der Waals surface area contributed by atoms with Crippen molar-refractivity contribution < 1.29 is 9.53 Å². The fourth-order valence-corrected chi connectivity index (χ4v) is 8.27. The second-order valence-corrected chi connectivity index (χ2v) is 12.3. The summed E-state index contributed by atoms with van der Waals surface area (Å²) in [5.41, 5.74) is 6.00. The number of fused-ring (bicyclic) bond motifs is 1. The number of carbonyl (C=O) groups is 1. The van der Waals surface area contributed by atoms with Crippen LogP contribution in [-0.4, -0.2) is 37.4 Å². The molecular weight excluding hydrogens is 498 g/mol. The van der Waals surface area contributed by atoms with Crippen LogP contribution in [0.1, 0.15) is 60.1 Å². The molecule has 4 saturated carbocycles. The summed E-state index contributed by atoms with van der Waals surface area (Å²) in [6, 6.07) is 3.87. The lowest BCUT2D eigenvalue weighted by Crippen LogP contribution is -2.48. The lowest BCUT2D eigenvalue weighted by Gasteiger charge is -2.56. The summed E-state index contributed by atoms with van der Waals surface area (Å²) in [5, 5.41) is 6.06. The maximum absolute atomic E-state index is 13.2. The molecule has 4 aromatic heterocycles. The van der Waals surface area contributed by atoms with Gasteiger partial charge in [0.15, 0.2) is 0 Å². The highest BCUT2D eigenvalue weighted by atomic mass is 35.5. The summed E-state index contributed by atoms with van der Waals surface area (Å²) in [7, 11) is 1.42. The van der Waals surface area contributed by atoms with Crippen molar-refractivity contribution in [3.63, 3.8) is 0 Å². The van der Waals surface area contributed by atoms with Crippen LogP contribution in [-0.2, 0) is 11.3 Å². The molecule has 0 amide bonds. The Kier molecular flexibility index (Phi) is 5.45. The van der Waals surface area contributed by atoms with Gasteiger partial charge in [-0.1, -0.05) is 11.6 Å². The van der Waals surface area contributed by atoms with Gasteiger partial charge in [-0.3, -0.25) is 9.25 Å². The zero-order valence-corrected chi connectivity index (χ0v) is 22.8. The van der Waals surface area contributed by atoms with Crippen LogP contribution < -0.4 is 0 Å². The number of nitrogens with zero attached hydrogens (tertiary/aromatic N) is 5. The molecule has 0 atom stereocenters. The molecule has 196 valence electrons. The number of hydrogen-bond acceptors (Lipinski definition) is 5. The van der Waals surface area contributed by atoms with E-state index in [1.807, 2.05) is 36.0 Å². The molecule has 4 aliphatic carbocycles.